The zero-order chi connectivity index (χ0) is 9.97. The lowest BCUT2D eigenvalue weighted by Gasteiger charge is -2.39. The van der Waals surface area contributed by atoms with Crippen molar-refractivity contribution in [3.8, 4) is 0 Å². The quantitative estimate of drug-likeness (QED) is 0.740. The molecule has 2 heteroatoms. The smallest absolute Gasteiger partial charge is 0.0113 e. The van der Waals surface area contributed by atoms with Crippen molar-refractivity contribution in [2.24, 2.45) is 0 Å². The average molecular weight is 196 g/mol. The van der Waals surface area contributed by atoms with Gasteiger partial charge in [-0.3, -0.25) is 4.90 Å². The molecule has 2 nitrogen and oxygen atoms in total. The summed E-state index contributed by atoms with van der Waals surface area (Å²) in [7, 11) is 0. The summed E-state index contributed by atoms with van der Waals surface area (Å²) in [5.74, 6) is 0. The van der Waals surface area contributed by atoms with Crippen LogP contribution >= 0.6 is 0 Å². The van der Waals surface area contributed by atoms with Crippen LogP contribution in [0.25, 0.3) is 0 Å². The predicted molar refractivity (Wildman–Crippen MR) is 60.5 cm³/mol. The molecule has 0 aromatic carbocycles. The first-order chi connectivity index (χ1) is 6.77. The van der Waals surface area contributed by atoms with Crippen molar-refractivity contribution in [2.45, 2.75) is 64.1 Å². The average Bonchev–Trinajstić information content (AvgIpc) is 2.94. The molecule has 1 aliphatic heterocycles. The molecule has 0 radical (unpaired) electrons. The van der Waals surface area contributed by atoms with Gasteiger partial charge in [-0.15, -0.1) is 0 Å². The van der Waals surface area contributed by atoms with Crippen LogP contribution in [-0.2, 0) is 0 Å². The van der Waals surface area contributed by atoms with E-state index in [1.165, 1.54) is 45.2 Å². The zero-order valence-electron chi connectivity index (χ0n) is 9.63. The van der Waals surface area contributed by atoms with E-state index in [9.17, 15) is 0 Å². The molecular formula is C12H24N2. The summed E-state index contributed by atoms with van der Waals surface area (Å²) in [6, 6.07) is 2.48. The Bertz CT molecular complexity index is 167. The molecule has 0 bridgehead atoms. The second-order valence-corrected chi connectivity index (χ2v) is 5.10. The summed E-state index contributed by atoms with van der Waals surface area (Å²) in [6.45, 7) is 7.21. The Morgan fingerprint density at radius 1 is 1.07 bits per heavy atom. The van der Waals surface area contributed by atoms with Crippen molar-refractivity contribution in [1.82, 2.24) is 10.2 Å². The molecule has 14 heavy (non-hydrogen) atoms. The van der Waals surface area contributed by atoms with Crippen molar-refractivity contribution >= 4 is 0 Å². The van der Waals surface area contributed by atoms with Gasteiger partial charge in [-0.05, 0) is 39.5 Å². The fourth-order valence-electron chi connectivity index (χ4n) is 2.60. The highest BCUT2D eigenvalue weighted by molar-refractivity contribution is 4.83. The van der Waals surface area contributed by atoms with Crippen LogP contribution < -0.4 is 5.32 Å². The molecule has 1 heterocycles. The number of hydrogen-bond donors (Lipinski definition) is 1. The maximum absolute atomic E-state index is 3.60. The van der Waals surface area contributed by atoms with Crippen molar-refractivity contribution in [3.05, 3.63) is 0 Å². The van der Waals surface area contributed by atoms with Crippen molar-refractivity contribution < 1.29 is 0 Å². The largest absolute Gasteiger partial charge is 0.313 e. The molecule has 2 rings (SSSR count). The lowest BCUT2D eigenvalue weighted by Crippen LogP contribution is -2.46. The molecule has 2 fully saturated rings. The first kappa shape index (κ1) is 10.4. The van der Waals surface area contributed by atoms with Crippen LogP contribution in [0, 0.1) is 0 Å². The number of nitrogens with one attached hydrogen (secondary N) is 1. The molecule has 0 aromatic heterocycles. The highest BCUT2D eigenvalue weighted by Crippen LogP contribution is 2.22. The van der Waals surface area contributed by atoms with Crippen molar-refractivity contribution in [3.63, 3.8) is 0 Å². The fourth-order valence-corrected chi connectivity index (χ4v) is 2.60. The first-order valence-corrected chi connectivity index (χ1v) is 6.26. The molecule has 1 saturated carbocycles. The van der Waals surface area contributed by atoms with E-state index in [-0.39, 0.29) is 0 Å². The van der Waals surface area contributed by atoms with Gasteiger partial charge in [0.05, 0.1) is 0 Å². The van der Waals surface area contributed by atoms with Gasteiger partial charge in [-0.1, -0.05) is 6.42 Å². The standard InChI is InChI=1S/C12H24N2/c1-10-4-3-5-11(2)14(10)9-8-13-12-6-7-12/h10-13H,3-9H2,1-2H3/t10-,11+. The minimum Gasteiger partial charge on any atom is -0.313 e. The predicted octanol–water partition coefficient (Wildman–Crippen LogP) is 2.00. The lowest BCUT2D eigenvalue weighted by molar-refractivity contribution is 0.104. The SMILES string of the molecule is C[C@@H]1CCC[C@H](C)N1CCNC1CC1. The summed E-state index contributed by atoms with van der Waals surface area (Å²) in [6.07, 6.45) is 7.03. The van der Waals surface area contributed by atoms with Crippen LogP contribution in [0.4, 0.5) is 0 Å². The van der Waals surface area contributed by atoms with Crippen LogP contribution in [0.1, 0.15) is 46.0 Å². The molecule has 2 aliphatic rings. The maximum Gasteiger partial charge on any atom is 0.0113 e. The highest BCUT2D eigenvalue weighted by Gasteiger charge is 2.25. The Kier molecular flexibility index (Phi) is 3.45. The van der Waals surface area contributed by atoms with Gasteiger partial charge in [-0.2, -0.15) is 0 Å². The topological polar surface area (TPSA) is 15.3 Å². The summed E-state index contributed by atoms with van der Waals surface area (Å²) < 4.78 is 0. The molecule has 0 aromatic rings. The van der Waals surface area contributed by atoms with Gasteiger partial charge in [0.25, 0.3) is 0 Å². The zero-order valence-corrected chi connectivity index (χ0v) is 9.63. The number of rotatable bonds is 4. The Hall–Kier alpha value is -0.0800. The maximum atomic E-state index is 3.60. The number of nitrogens with zero attached hydrogens (tertiary/aromatic N) is 1. The van der Waals surface area contributed by atoms with E-state index in [0.717, 1.165) is 18.1 Å². The third-order valence-electron chi connectivity index (χ3n) is 3.76. The minimum atomic E-state index is 0.805. The van der Waals surface area contributed by atoms with Crippen LogP contribution in [0.15, 0.2) is 0 Å². The summed E-state index contributed by atoms with van der Waals surface area (Å²) in [4.78, 5) is 2.68. The second kappa shape index (κ2) is 4.63. The van der Waals surface area contributed by atoms with E-state index < -0.39 is 0 Å². The van der Waals surface area contributed by atoms with Crippen LogP contribution in [0.3, 0.4) is 0 Å². The minimum absolute atomic E-state index is 0.805. The molecular weight excluding hydrogens is 172 g/mol. The molecule has 82 valence electrons. The molecule has 1 saturated heterocycles. The van der Waals surface area contributed by atoms with E-state index in [4.69, 9.17) is 0 Å². The third-order valence-corrected chi connectivity index (χ3v) is 3.76. The molecule has 0 amide bonds. The van der Waals surface area contributed by atoms with Gasteiger partial charge >= 0.3 is 0 Å². The van der Waals surface area contributed by atoms with Gasteiger partial charge in [-0.25, -0.2) is 0 Å². The first-order valence-electron chi connectivity index (χ1n) is 6.26. The van der Waals surface area contributed by atoms with Crippen molar-refractivity contribution in [1.29, 1.82) is 0 Å². The number of piperidine rings is 1. The molecule has 1 N–H and O–H groups in total. The molecule has 0 unspecified atom stereocenters. The molecule has 1 aliphatic carbocycles. The van der Waals surface area contributed by atoms with Gasteiger partial charge in [0.15, 0.2) is 0 Å². The van der Waals surface area contributed by atoms with Gasteiger partial charge in [0.1, 0.15) is 0 Å². The Balaban J connectivity index is 1.69. The van der Waals surface area contributed by atoms with Gasteiger partial charge < -0.3 is 5.32 Å². The molecule has 0 spiro atoms. The van der Waals surface area contributed by atoms with Crippen LogP contribution in [0.2, 0.25) is 0 Å². The van der Waals surface area contributed by atoms with E-state index in [2.05, 4.69) is 24.1 Å². The van der Waals surface area contributed by atoms with E-state index in [0.29, 0.717) is 0 Å². The Morgan fingerprint density at radius 3 is 2.29 bits per heavy atom. The van der Waals surface area contributed by atoms with Crippen LogP contribution in [0.5, 0.6) is 0 Å². The Labute approximate surface area is 88.1 Å². The summed E-state index contributed by atoms with van der Waals surface area (Å²) in [5, 5.41) is 3.60. The van der Waals surface area contributed by atoms with Gasteiger partial charge in [0.2, 0.25) is 0 Å². The van der Waals surface area contributed by atoms with E-state index in [1.54, 1.807) is 0 Å². The Morgan fingerprint density at radius 2 is 1.71 bits per heavy atom. The summed E-state index contributed by atoms with van der Waals surface area (Å²) in [5.41, 5.74) is 0. The number of hydrogen-bond acceptors (Lipinski definition) is 2. The molecule has 2 atom stereocenters. The number of likely N-dealkylation sites (tertiary alicyclic amines) is 1. The summed E-state index contributed by atoms with van der Waals surface area (Å²) >= 11 is 0. The van der Waals surface area contributed by atoms with E-state index in [1.807, 2.05) is 0 Å². The van der Waals surface area contributed by atoms with E-state index >= 15 is 0 Å². The van der Waals surface area contributed by atoms with Crippen LogP contribution in [-0.4, -0.2) is 36.1 Å². The monoisotopic (exact) mass is 196 g/mol. The fraction of sp³-hybridized carbons (Fsp3) is 1.00. The highest BCUT2D eigenvalue weighted by atomic mass is 15.2. The lowest BCUT2D eigenvalue weighted by atomic mass is 9.98. The third kappa shape index (κ3) is 2.71. The second-order valence-electron chi connectivity index (χ2n) is 5.10. The normalized spacial score (nSPS) is 34.7. The van der Waals surface area contributed by atoms with Gasteiger partial charge in [0, 0.05) is 31.2 Å². The van der Waals surface area contributed by atoms with Crippen molar-refractivity contribution in [2.75, 3.05) is 13.1 Å².